The van der Waals surface area contributed by atoms with Crippen LogP contribution in [0.5, 0.6) is 11.5 Å². The van der Waals surface area contributed by atoms with E-state index in [2.05, 4.69) is 0 Å². The van der Waals surface area contributed by atoms with Crippen molar-refractivity contribution in [3.05, 3.63) is 62.3 Å². The van der Waals surface area contributed by atoms with Gasteiger partial charge in [0, 0.05) is 21.8 Å². The zero-order valence-electron chi connectivity index (χ0n) is 13.3. The zero-order valence-corrected chi connectivity index (χ0v) is 17.2. The fourth-order valence-corrected chi connectivity index (χ4v) is 5.19. The lowest BCUT2D eigenvalue weighted by atomic mass is 10.1. The van der Waals surface area contributed by atoms with Gasteiger partial charge in [0.05, 0.1) is 10.9 Å². The highest BCUT2D eigenvalue weighted by molar-refractivity contribution is 8.05. The van der Waals surface area contributed by atoms with E-state index in [1.807, 2.05) is 5.38 Å². The summed E-state index contributed by atoms with van der Waals surface area (Å²) in [6.07, 6.45) is 1.74. The Labute approximate surface area is 179 Å². The molecule has 2 heterocycles. The van der Waals surface area contributed by atoms with E-state index in [0.717, 1.165) is 4.34 Å². The maximum Gasteiger partial charge on any atom is 0.433 e. The molecule has 0 bridgehead atoms. The highest BCUT2D eigenvalue weighted by atomic mass is 35.5. The average Bonchev–Trinajstić information content (AvgIpc) is 3.14. The minimum atomic E-state index is -0.232. The number of rotatable bonds is 2. The number of phenolic OH excluding ortho intramolecular Hbond substituents is 2. The van der Waals surface area contributed by atoms with E-state index >= 15 is 0 Å². The molecule has 2 N–H and O–H groups in total. The van der Waals surface area contributed by atoms with Gasteiger partial charge in [-0.2, -0.15) is 0 Å². The summed E-state index contributed by atoms with van der Waals surface area (Å²) < 4.78 is 2.41. The summed E-state index contributed by atoms with van der Waals surface area (Å²) >= 11 is 14.9. The molecule has 0 unspecified atom stereocenters. The van der Waals surface area contributed by atoms with Crippen molar-refractivity contribution in [3.63, 3.8) is 0 Å². The number of halogens is 3. The maximum absolute atomic E-state index is 12.9. The lowest BCUT2D eigenvalue weighted by Crippen LogP contribution is -3.00. The molecular weight excluding hydrogens is 449 g/mol. The first-order chi connectivity index (χ1) is 12.4. The fourth-order valence-electron chi connectivity index (χ4n) is 2.55. The number of nitrogens with zero attached hydrogens (tertiary/aromatic N) is 1. The van der Waals surface area contributed by atoms with Gasteiger partial charge in [0.1, 0.15) is 4.91 Å². The number of phenols is 2. The minimum absolute atomic E-state index is 0. The third-order valence-electron chi connectivity index (χ3n) is 3.83. The van der Waals surface area contributed by atoms with Crippen LogP contribution in [0, 0.1) is 0 Å². The summed E-state index contributed by atoms with van der Waals surface area (Å²) in [5, 5.41) is 22.1. The second kappa shape index (κ2) is 7.73. The molecule has 0 radical (unpaired) electrons. The van der Waals surface area contributed by atoms with Crippen LogP contribution < -0.4 is 17.0 Å². The number of carbonyl (C=O) groups excluding carboxylic acids is 1. The van der Waals surface area contributed by atoms with Gasteiger partial charge in [-0.05, 0) is 42.0 Å². The third kappa shape index (κ3) is 3.68. The van der Waals surface area contributed by atoms with Gasteiger partial charge >= 0.3 is 10.2 Å². The predicted molar refractivity (Wildman–Crippen MR) is 104 cm³/mol. The first-order valence-corrected chi connectivity index (χ1v) is 9.84. The van der Waals surface area contributed by atoms with Crippen molar-refractivity contribution < 1.29 is 32.0 Å². The topological polar surface area (TPSA) is 61.4 Å². The SMILES string of the molecule is O=C1/C(=C/c2ccc(Cl)cc2Cl)Sc2scc(-c3ccc(O)c(O)c3)[n+]21.[Cl-]. The molecule has 0 aliphatic carbocycles. The van der Waals surface area contributed by atoms with E-state index in [9.17, 15) is 15.0 Å². The summed E-state index contributed by atoms with van der Waals surface area (Å²) in [5.41, 5.74) is 2.01. The predicted octanol–water partition coefficient (Wildman–Crippen LogP) is 2.21. The van der Waals surface area contributed by atoms with E-state index in [1.165, 1.54) is 35.2 Å². The Morgan fingerprint density at radius 1 is 1.04 bits per heavy atom. The van der Waals surface area contributed by atoms with Crippen molar-refractivity contribution in [1.29, 1.82) is 0 Å². The van der Waals surface area contributed by atoms with E-state index in [0.29, 0.717) is 31.8 Å². The van der Waals surface area contributed by atoms with Crippen molar-refractivity contribution in [2.45, 2.75) is 4.34 Å². The number of benzene rings is 2. The molecule has 0 spiro atoms. The number of aromatic hydroxyl groups is 2. The number of thioether (sulfide) groups is 1. The van der Waals surface area contributed by atoms with Crippen molar-refractivity contribution >= 4 is 58.3 Å². The summed E-state index contributed by atoms with van der Waals surface area (Å²) in [6.45, 7) is 0. The lowest BCUT2D eigenvalue weighted by molar-refractivity contribution is -0.588. The van der Waals surface area contributed by atoms with Crippen molar-refractivity contribution in [3.8, 4) is 22.8 Å². The molecule has 2 aromatic carbocycles. The molecule has 0 atom stereocenters. The summed E-state index contributed by atoms with van der Waals surface area (Å²) in [5.74, 6) is -0.603. The highest BCUT2D eigenvalue weighted by Crippen LogP contribution is 2.39. The number of fused-ring (bicyclic) bond motifs is 1. The second-order valence-electron chi connectivity index (χ2n) is 5.51. The van der Waals surface area contributed by atoms with E-state index in [-0.39, 0.29) is 29.8 Å². The van der Waals surface area contributed by atoms with E-state index < -0.39 is 0 Å². The van der Waals surface area contributed by atoms with Crippen LogP contribution in [0.25, 0.3) is 17.3 Å². The zero-order chi connectivity index (χ0) is 18.4. The van der Waals surface area contributed by atoms with Crippen LogP contribution in [0.2, 0.25) is 10.0 Å². The van der Waals surface area contributed by atoms with Gasteiger partial charge in [-0.25, -0.2) is 4.79 Å². The monoisotopic (exact) mass is 457 g/mol. The molecule has 9 heteroatoms. The molecule has 1 aromatic heterocycles. The van der Waals surface area contributed by atoms with Crippen LogP contribution in [-0.4, -0.2) is 16.1 Å². The number of hydrogen-bond acceptors (Lipinski definition) is 5. The van der Waals surface area contributed by atoms with E-state index in [1.54, 1.807) is 34.9 Å². The van der Waals surface area contributed by atoms with Crippen LogP contribution in [0.4, 0.5) is 0 Å². The molecule has 0 saturated carbocycles. The van der Waals surface area contributed by atoms with E-state index in [4.69, 9.17) is 23.2 Å². The molecule has 0 amide bonds. The number of thiazole rings is 1. The van der Waals surface area contributed by atoms with Crippen LogP contribution in [0.1, 0.15) is 10.4 Å². The van der Waals surface area contributed by atoms with Crippen LogP contribution in [0.3, 0.4) is 0 Å². The molecule has 0 saturated heterocycles. The first kappa shape index (κ1) is 20.0. The van der Waals surface area contributed by atoms with Gasteiger partial charge in [-0.1, -0.05) is 40.6 Å². The molecule has 138 valence electrons. The molecule has 4 nitrogen and oxygen atoms in total. The van der Waals surface area contributed by atoms with Gasteiger partial charge < -0.3 is 22.6 Å². The van der Waals surface area contributed by atoms with Gasteiger partial charge in [-0.3, -0.25) is 0 Å². The average molecular weight is 459 g/mol. The Kier molecular flexibility index (Phi) is 5.74. The Morgan fingerprint density at radius 2 is 1.81 bits per heavy atom. The smallest absolute Gasteiger partial charge is 0.433 e. The number of carbonyl (C=O) groups is 1. The molecular formula is C18H10Cl3NO3S2. The van der Waals surface area contributed by atoms with Crippen molar-refractivity contribution in [2.24, 2.45) is 0 Å². The summed E-state index contributed by atoms with van der Waals surface area (Å²) in [4.78, 5) is 13.4. The molecule has 4 rings (SSSR count). The Bertz CT molecular complexity index is 1100. The van der Waals surface area contributed by atoms with Gasteiger partial charge in [0.25, 0.3) is 0 Å². The van der Waals surface area contributed by atoms with Crippen molar-refractivity contribution in [2.75, 3.05) is 0 Å². The third-order valence-corrected chi connectivity index (χ3v) is 6.52. The van der Waals surface area contributed by atoms with Crippen LogP contribution in [-0.2, 0) is 0 Å². The molecule has 0 fully saturated rings. The molecule has 1 aliphatic heterocycles. The quantitative estimate of drug-likeness (QED) is 0.351. The van der Waals surface area contributed by atoms with Crippen LogP contribution in [0.15, 0.2) is 51.0 Å². The van der Waals surface area contributed by atoms with Gasteiger partial charge in [-0.15, -0.1) is 4.57 Å². The number of aromatic nitrogens is 1. The number of hydrogen-bond donors (Lipinski definition) is 2. The van der Waals surface area contributed by atoms with Crippen LogP contribution >= 0.6 is 46.3 Å². The molecule has 3 aromatic rings. The summed E-state index contributed by atoms with van der Waals surface area (Å²) in [7, 11) is 0. The van der Waals surface area contributed by atoms with Gasteiger partial charge in [0.2, 0.25) is 5.69 Å². The molecule has 1 aliphatic rings. The lowest BCUT2D eigenvalue weighted by Gasteiger charge is -2.00. The normalized spacial score (nSPS) is 14.3. The van der Waals surface area contributed by atoms with Crippen molar-refractivity contribution in [1.82, 2.24) is 0 Å². The fraction of sp³-hybridized carbons (Fsp3) is 0. The Balaban J connectivity index is 0.00000210. The maximum atomic E-state index is 12.9. The highest BCUT2D eigenvalue weighted by Gasteiger charge is 2.41. The summed E-state index contributed by atoms with van der Waals surface area (Å²) in [6, 6.07) is 9.60. The minimum Gasteiger partial charge on any atom is -1.00 e. The second-order valence-corrected chi connectivity index (χ2v) is 8.50. The standard InChI is InChI=1S/C18H9Cl2NO3S2.ClH/c19-11-3-1-9(12(20)7-11)6-16-17(24)21-13(8-25-18(21)26-16)10-2-4-14(22)15(23)5-10;/h1-8H,(H-,22,23);1H/b16-6-;. The molecule has 27 heavy (non-hydrogen) atoms. The Hall–Kier alpha value is -1.70. The largest absolute Gasteiger partial charge is 1.00 e. The van der Waals surface area contributed by atoms with Gasteiger partial charge in [0.15, 0.2) is 11.5 Å². The first-order valence-electron chi connectivity index (χ1n) is 7.39. The number of allylic oxidation sites excluding steroid dienone is 1. The Morgan fingerprint density at radius 3 is 2.52 bits per heavy atom.